The molecule has 51 heavy (non-hydrogen) atoms. The van der Waals surface area contributed by atoms with E-state index in [2.05, 4.69) is 20.8 Å². The Morgan fingerprint density at radius 1 is 1.14 bits per heavy atom. The van der Waals surface area contributed by atoms with Gasteiger partial charge in [0.25, 0.3) is 0 Å². The van der Waals surface area contributed by atoms with E-state index in [9.17, 15) is 19.7 Å². The summed E-state index contributed by atoms with van der Waals surface area (Å²) in [5.74, 6) is 1.50. The lowest BCUT2D eigenvalue weighted by atomic mass is 9.72. The molecule has 12 heteroatoms. The fourth-order valence-electron chi connectivity index (χ4n) is 9.16. The van der Waals surface area contributed by atoms with Crippen molar-refractivity contribution in [3.8, 4) is 35.4 Å². The van der Waals surface area contributed by atoms with Crippen LogP contribution in [0.15, 0.2) is 30.5 Å². The van der Waals surface area contributed by atoms with Crippen molar-refractivity contribution < 1.29 is 33.6 Å². The number of phenolic OH excluding ortho intramolecular Hbond substituents is 1. The first-order chi connectivity index (χ1) is 24.6. The van der Waals surface area contributed by atoms with Crippen LogP contribution in [0.1, 0.15) is 57.4 Å². The van der Waals surface area contributed by atoms with Crippen molar-refractivity contribution in [3.05, 3.63) is 47.7 Å². The molecule has 3 N–H and O–H groups in total. The number of pyridine rings is 1. The third-order valence-corrected chi connectivity index (χ3v) is 11.6. The molecule has 2 aromatic carbocycles. The molecule has 4 fully saturated rings. The maximum absolute atomic E-state index is 17.0. The summed E-state index contributed by atoms with van der Waals surface area (Å²) in [6.07, 6.45) is 14.5. The molecule has 4 heterocycles. The summed E-state index contributed by atoms with van der Waals surface area (Å²) < 4.78 is 44.1. The number of likely N-dealkylation sites (tertiary alicyclic amines) is 1. The lowest BCUT2D eigenvalue weighted by Crippen LogP contribution is -2.58. The number of rotatable bonds is 7. The van der Waals surface area contributed by atoms with Crippen molar-refractivity contribution in [2.75, 3.05) is 51.0 Å². The predicted molar refractivity (Wildman–Crippen MR) is 189 cm³/mol. The normalized spacial score (nSPS) is 28.3. The van der Waals surface area contributed by atoms with Gasteiger partial charge in [0.15, 0.2) is 5.82 Å². The summed E-state index contributed by atoms with van der Waals surface area (Å²) in [5.41, 5.74) is -1.46. The molecule has 0 amide bonds. The first-order valence-corrected chi connectivity index (χ1v) is 17.9. The fraction of sp³-hybridized carbons (Fsp3) is 0.513. The number of aliphatic hydroxyl groups excluding tert-OH is 1. The van der Waals surface area contributed by atoms with Gasteiger partial charge in [0.05, 0.1) is 37.3 Å². The van der Waals surface area contributed by atoms with Crippen LogP contribution in [0.25, 0.3) is 32.9 Å². The van der Waals surface area contributed by atoms with Gasteiger partial charge in [0, 0.05) is 47.8 Å². The van der Waals surface area contributed by atoms with Gasteiger partial charge in [-0.05, 0) is 81.5 Å². The maximum atomic E-state index is 17.0. The van der Waals surface area contributed by atoms with Crippen LogP contribution in [0.4, 0.5) is 14.6 Å². The number of fused-ring (bicyclic) bond motifs is 3. The molecule has 8 rings (SSSR count). The van der Waals surface area contributed by atoms with Crippen molar-refractivity contribution in [2.24, 2.45) is 11.3 Å². The number of aromatic hydroxyl groups is 1. The summed E-state index contributed by atoms with van der Waals surface area (Å²) in [4.78, 5) is 18.5. The average Bonchev–Trinajstić information content (AvgIpc) is 3.44. The van der Waals surface area contributed by atoms with E-state index in [-0.39, 0.29) is 64.7 Å². The van der Waals surface area contributed by atoms with Crippen molar-refractivity contribution >= 4 is 27.5 Å². The molecule has 0 radical (unpaired) electrons. The van der Waals surface area contributed by atoms with Gasteiger partial charge < -0.3 is 29.7 Å². The minimum atomic E-state index is -1.20. The van der Waals surface area contributed by atoms with Gasteiger partial charge in [-0.25, -0.2) is 8.78 Å². The van der Waals surface area contributed by atoms with Crippen LogP contribution in [0.3, 0.4) is 0 Å². The number of aliphatic hydroxyl groups is 2. The zero-order chi connectivity index (χ0) is 35.5. The summed E-state index contributed by atoms with van der Waals surface area (Å²) in [6.45, 7) is 4.33. The van der Waals surface area contributed by atoms with Gasteiger partial charge >= 0.3 is 6.01 Å². The van der Waals surface area contributed by atoms with Gasteiger partial charge in [0.1, 0.15) is 34.2 Å². The molecule has 2 aromatic heterocycles. The molecular weight excluding hydrogens is 656 g/mol. The number of terminal acetylenes is 1. The predicted octanol–water partition coefficient (Wildman–Crippen LogP) is 5.18. The largest absolute Gasteiger partial charge is 0.508 e. The number of aromatic nitrogens is 3. The highest BCUT2D eigenvalue weighted by molar-refractivity contribution is 6.03. The molecule has 2 saturated carbocycles. The lowest BCUT2D eigenvalue weighted by molar-refractivity contribution is -0.0596. The van der Waals surface area contributed by atoms with Crippen LogP contribution in [0, 0.1) is 35.3 Å². The Morgan fingerprint density at radius 2 is 1.96 bits per heavy atom. The second-order valence-electron chi connectivity index (χ2n) is 15.2. The van der Waals surface area contributed by atoms with Gasteiger partial charge in [-0.15, -0.1) is 6.42 Å². The number of β-amino-alcohol motifs (C(OH)–C–C–N with tert-alkyl or cyclic N) is 1. The van der Waals surface area contributed by atoms with Crippen LogP contribution >= 0.6 is 0 Å². The summed E-state index contributed by atoms with van der Waals surface area (Å²) in [5, 5.41) is 32.3. The van der Waals surface area contributed by atoms with E-state index in [0.29, 0.717) is 54.4 Å². The number of hydrogen-bond acceptors (Lipinski definition) is 10. The molecule has 2 aliphatic heterocycles. The molecule has 0 bridgehead atoms. The van der Waals surface area contributed by atoms with E-state index in [1.807, 2.05) is 4.90 Å². The highest BCUT2D eigenvalue weighted by Crippen LogP contribution is 2.51. The Balaban J connectivity index is 1.22. The van der Waals surface area contributed by atoms with Crippen LogP contribution in [-0.4, -0.2) is 98.9 Å². The number of nitrogens with zero attached hydrogens (tertiary/aromatic N) is 5. The Bertz CT molecular complexity index is 2030. The molecule has 3 atom stereocenters. The standard InChI is InChI=1S/C39H43F2N5O5/c1-3-27-30(40)8-7-24-16-26(48)17-28(32(24)27)34-33(41)35-29(18-42-34)36(45-12-13-50-21-38(2,49)20-45)44-37(43-35)51-22-39-9-4-6-31(39)46(11-5-10-39)25-14-23(15-25)19-47/h1,7-8,16-18,23,25,31,47-49H,4-6,9-15,19-22H2,2H3. The van der Waals surface area contributed by atoms with Crippen LogP contribution in [-0.2, 0) is 4.74 Å². The topological polar surface area (TPSA) is 124 Å². The number of ether oxygens (including phenoxy) is 2. The van der Waals surface area contributed by atoms with Gasteiger partial charge in [-0.1, -0.05) is 18.4 Å². The SMILES string of the molecule is C#Cc1c(F)ccc2cc(O)cc(-c3ncc4c(N5CCOCC(C)(O)C5)nc(OCC56CCCC5N(C5CC(CO)C5)CCC6)nc4c3F)c12. The number of halogens is 2. The van der Waals surface area contributed by atoms with Crippen LogP contribution in [0.5, 0.6) is 11.8 Å². The number of anilines is 1. The molecule has 0 spiro atoms. The molecule has 2 aliphatic carbocycles. The van der Waals surface area contributed by atoms with Gasteiger partial charge in [-0.3, -0.25) is 9.88 Å². The molecular formula is C39H43F2N5O5. The van der Waals surface area contributed by atoms with Crippen molar-refractivity contribution in [3.63, 3.8) is 0 Å². The number of hydrogen-bond donors (Lipinski definition) is 3. The van der Waals surface area contributed by atoms with E-state index < -0.39 is 17.2 Å². The molecule has 4 aromatic rings. The van der Waals surface area contributed by atoms with Gasteiger partial charge in [-0.2, -0.15) is 9.97 Å². The molecule has 2 saturated heterocycles. The first-order valence-electron chi connectivity index (χ1n) is 17.9. The maximum Gasteiger partial charge on any atom is 0.319 e. The summed E-state index contributed by atoms with van der Waals surface area (Å²) in [6, 6.07) is 6.29. The van der Waals surface area contributed by atoms with E-state index >= 15 is 4.39 Å². The Labute approximate surface area is 295 Å². The van der Waals surface area contributed by atoms with E-state index in [0.717, 1.165) is 51.5 Å². The van der Waals surface area contributed by atoms with E-state index in [1.165, 1.54) is 30.5 Å². The Morgan fingerprint density at radius 3 is 2.76 bits per heavy atom. The first kappa shape index (κ1) is 34.0. The Hall–Kier alpha value is -4.15. The smallest absolute Gasteiger partial charge is 0.319 e. The summed E-state index contributed by atoms with van der Waals surface area (Å²) >= 11 is 0. The fourth-order valence-corrected chi connectivity index (χ4v) is 9.16. The van der Waals surface area contributed by atoms with Crippen molar-refractivity contribution in [1.29, 1.82) is 0 Å². The zero-order valence-electron chi connectivity index (χ0n) is 28.7. The van der Waals surface area contributed by atoms with Gasteiger partial charge in [0.2, 0.25) is 0 Å². The third-order valence-electron chi connectivity index (χ3n) is 11.6. The number of piperidine rings is 1. The van der Waals surface area contributed by atoms with Crippen LogP contribution < -0.4 is 9.64 Å². The molecule has 3 unspecified atom stereocenters. The zero-order valence-corrected chi connectivity index (χ0v) is 28.7. The number of phenols is 1. The highest BCUT2D eigenvalue weighted by atomic mass is 19.1. The van der Waals surface area contributed by atoms with Crippen molar-refractivity contribution in [2.45, 2.75) is 69.6 Å². The van der Waals surface area contributed by atoms with Crippen LogP contribution in [0.2, 0.25) is 0 Å². The monoisotopic (exact) mass is 699 g/mol. The third kappa shape index (κ3) is 6.04. The molecule has 10 nitrogen and oxygen atoms in total. The minimum Gasteiger partial charge on any atom is -0.508 e. The van der Waals surface area contributed by atoms with Crippen molar-refractivity contribution in [1.82, 2.24) is 19.9 Å². The summed E-state index contributed by atoms with van der Waals surface area (Å²) in [7, 11) is 0. The molecule has 268 valence electrons. The quantitative estimate of drug-likeness (QED) is 0.222. The lowest BCUT2D eigenvalue weighted by Gasteiger charge is -2.53. The number of benzene rings is 2. The van der Waals surface area contributed by atoms with E-state index in [4.69, 9.17) is 20.9 Å². The Kier molecular flexibility index (Phi) is 8.74. The average molecular weight is 700 g/mol. The van der Waals surface area contributed by atoms with E-state index in [1.54, 1.807) is 6.92 Å². The second-order valence-corrected chi connectivity index (χ2v) is 15.2. The second kappa shape index (κ2) is 13.1. The minimum absolute atomic E-state index is 0.00983. The highest BCUT2D eigenvalue weighted by Gasteiger charge is 2.51. The molecule has 4 aliphatic rings.